The second-order valence-electron chi connectivity index (χ2n) is 4.67. The van der Waals surface area contributed by atoms with Crippen molar-refractivity contribution < 1.29 is 12.8 Å². The zero-order chi connectivity index (χ0) is 14.9. The SMILES string of the molecule is O=S(=O)(c1ccccc1F)N1CC(Nc2ncccn2)C1. The van der Waals surface area contributed by atoms with Crippen molar-refractivity contribution in [2.45, 2.75) is 10.9 Å². The molecule has 0 atom stereocenters. The lowest BCUT2D eigenvalue weighted by Crippen LogP contribution is -2.57. The van der Waals surface area contributed by atoms with Crippen LogP contribution >= 0.6 is 0 Å². The molecule has 1 saturated heterocycles. The van der Waals surface area contributed by atoms with Gasteiger partial charge in [-0.2, -0.15) is 4.31 Å². The standard InChI is InChI=1S/C13H13FN4O2S/c14-11-4-1-2-5-12(11)21(19,20)18-8-10(9-18)17-13-15-6-3-7-16-13/h1-7,10H,8-9H2,(H,15,16,17). The van der Waals surface area contributed by atoms with Crippen LogP contribution in [0.5, 0.6) is 0 Å². The van der Waals surface area contributed by atoms with Crippen molar-refractivity contribution in [1.29, 1.82) is 0 Å². The predicted octanol–water partition coefficient (Wildman–Crippen LogP) is 1.10. The van der Waals surface area contributed by atoms with E-state index in [0.29, 0.717) is 5.95 Å². The number of halogens is 1. The topological polar surface area (TPSA) is 75.2 Å². The molecule has 1 aromatic carbocycles. The molecule has 3 rings (SSSR count). The minimum atomic E-state index is -3.78. The van der Waals surface area contributed by atoms with Crippen LogP contribution < -0.4 is 5.32 Å². The number of sulfonamides is 1. The lowest BCUT2D eigenvalue weighted by Gasteiger charge is -2.38. The van der Waals surface area contributed by atoms with E-state index in [4.69, 9.17) is 0 Å². The Hall–Kier alpha value is -2.06. The van der Waals surface area contributed by atoms with Crippen LogP contribution in [-0.4, -0.2) is 41.8 Å². The molecule has 1 aliphatic heterocycles. The number of benzene rings is 1. The molecule has 0 amide bonds. The lowest BCUT2D eigenvalue weighted by atomic mass is 10.2. The summed E-state index contributed by atoms with van der Waals surface area (Å²) in [6, 6.07) is 6.99. The zero-order valence-corrected chi connectivity index (χ0v) is 11.8. The fourth-order valence-electron chi connectivity index (χ4n) is 2.07. The monoisotopic (exact) mass is 308 g/mol. The van der Waals surface area contributed by atoms with Gasteiger partial charge in [-0.3, -0.25) is 0 Å². The van der Waals surface area contributed by atoms with Gasteiger partial charge in [-0.15, -0.1) is 0 Å². The molecule has 1 N–H and O–H groups in total. The average Bonchev–Trinajstić information content (AvgIpc) is 2.43. The molecule has 110 valence electrons. The second kappa shape index (κ2) is 5.38. The maximum atomic E-state index is 13.6. The fourth-order valence-corrected chi connectivity index (χ4v) is 3.67. The normalized spacial score (nSPS) is 16.4. The molecule has 0 saturated carbocycles. The van der Waals surface area contributed by atoms with Gasteiger partial charge in [0.15, 0.2) is 0 Å². The predicted molar refractivity (Wildman–Crippen MR) is 74.6 cm³/mol. The average molecular weight is 308 g/mol. The van der Waals surface area contributed by atoms with Gasteiger partial charge >= 0.3 is 0 Å². The third-order valence-corrected chi connectivity index (χ3v) is 5.07. The Morgan fingerprint density at radius 2 is 1.81 bits per heavy atom. The summed E-state index contributed by atoms with van der Waals surface area (Å²) in [5.41, 5.74) is 0. The van der Waals surface area contributed by atoms with Crippen LogP contribution in [0.2, 0.25) is 0 Å². The van der Waals surface area contributed by atoms with Crippen LogP contribution in [0.25, 0.3) is 0 Å². The number of rotatable bonds is 4. The van der Waals surface area contributed by atoms with Gasteiger partial charge in [0, 0.05) is 25.5 Å². The minimum absolute atomic E-state index is 0.0750. The molecule has 0 bridgehead atoms. The molecule has 1 aromatic heterocycles. The van der Waals surface area contributed by atoms with Crippen molar-refractivity contribution in [3.05, 3.63) is 48.5 Å². The largest absolute Gasteiger partial charge is 0.349 e. The highest BCUT2D eigenvalue weighted by Gasteiger charge is 2.38. The van der Waals surface area contributed by atoms with E-state index in [2.05, 4.69) is 15.3 Å². The first-order valence-corrected chi connectivity index (χ1v) is 7.79. The van der Waals surface area contributed by atoms with E-state index >= 15 is 0 Å². The first-order chi connectivity index (χ1) is 10.1. The van der Waals surface area contributed by atoms with E-state index in [1.165, 1.54) is 22.5 Å². The van der Waals surface area contributed by atoms with Gasteiger partial charge in [-0.1, -0.05) is 12.1 Å². The van der Waals surface area contributed by atoms with Gasteiger partial charge in [0.1, 0.15) is 10.7 Å². The Morgan fingerprint density at radius 1 is 1.14 bits per heavy atom. The summed E-state index contributed by atoms with van der Waals surface area (Å²) in [5, 5.41) is 3.02. The van der Waals surface area contributed by atoms with E-state index in [0.717, 1.165) is 6.07 Å². The van der Waals surface area contributed by atoms with E-state index in [9.17, 15) is 12.8 Å². The molecule has 0 radical (unpaired) electrons. The maximum Gasteiger partial charge on any atom is 0.246 e. The Bertz CT molecular complexity index is 733. The van der Waals surface area contributed by atoms with E-state index in [1.54, 1.807) is 18.5 Å². The van der Waals surface area contributed by atoms with Gasteiger partial charge in [0.2, 0.25) is 16.0 Å². The van der Waals surface area contributed by atoms with E-state index < -0.39 is 15.8 Å². The first-order valence-electron chi connectivity index (χ1n) is 6.35. The molecule has 2 heterocycles. The molecule has 0 aliphatic carbocycles. The second-order valence-corrected chi connectivity index (χ2v) is 6.57. The molecule has 0 spiro atoms. The zero-order valence-electron chi connectivity index (χ0n) is 11.0. The van der Waals surface area contributed by atoms with Crippen LogP contribution in [0.1, 0.15) is 0 Å². The number of nitrogens with zero attached hydrogens (tertiary/aromatic N) is 3. The Balaban J connectivity index is 1.67. The van der Waals surface area contributed by atoms with Crippen molar-refractivity contribution >= 4 is 16.0 Å². The first kappa shape index (κ1) is 13.9. The molecule has 21 heavy (non-hydrogen) atoms. The van der Waals surface area contributed by atoms with Gasteiger partial charge in [0.25, 0.3) is 0 Å². The third-order valence-electron chi connectivity index (χ3n) is 3.20. The highest BCUT2D eigenvalue weighted by Crippen LogP contribution is 2.24. The van der Waals surface area contributed by atoms with Gasteiger partial charge in [-0.25, -0.2) is 22.8 Å². The molecule has 1 fully saturated rings. The number of hydrogen-bond acceptors (Lipinski definition) is 5. The highest BCUT2D eigenvalue weighted by atomic mass is 32.2. The summed E-state index contributed by atoms with van der Waals surface area (Å²) in [7, 11) is -3.78. The molecule has 0 unspecified atom stereocenters. The Kier molecular flexibility index (Phi) is 3.56. The molecule has 8 heteroatoms. The van der Waals surface area contributed by atoms with Crippen molar-refractivity contribution in [2.75, 3.05) is 18.4 Å². The summed E-state index contributed by atoms with van der Waals surface area (Å²) in [4.78, 5) is 7.73. The smallest absolute Gasteiger partial charge is 0.246 e. The molecule has 2 aromatic rings. The van der Waals surface area contributed by atoms with Gasteiger partial charge in [-0.05, 0) is 18.2 Å². The molecular weight excluding hydrogens is 295 g/mol. The molecular formula is C13H13FN4O2S. The fraction of sp³-hybridized carbons (Fsp3) is 0.231. The van der Waals surface area contributed by atoms with E-state index in [-0.39, 0.29) is 24.0 Å². The van der Waals surface area contributed by atoms with Gasteiger partial charge < -0.3 is 5.32 Å². The summed E-state index contributed by atoms with van der Waals surface area (Å²) in [6.07, 6.45) is 3.20. The van der Waals surface area contributed by atoms with Crippen LogP contribution in [0.15, 0.2) is 47.6 Å². The quantitative estimate of drug-likeness (QED) is 0.915. The van der Waals surface area contributed by atoms with Gasteiger partial charge in [0.05, 0.1) is 6.04 Å². The van der Waals surface area contributed by atoms with Crippen LogP contribution in [-0.2, 0) is 10.0 Å². The van der Waals surface area contributed by atoms with Crippen molar-refractivity contribution in [2.24, 2.45) is 0 Å². The number of nitrogens with one attached hydrogen (secondary N) is 1. The number of hydrogen-bond donors (Lipinski definition) is 1. The summed E-state index contributed by atoms with van der Waals surface area (Å²) in [5.74, 6) is -0.286. The summed E-state index contributed by atoms with van der Waals surface area (Å²) >= 11 is 0. The third kappa shape index (κ3) is 2.72. The number of anilines is 1. The van der Waals surface area contributed by atoms with Crippen LogP contribution in [0.4, 0.5) is 10.3 Å². The van der Waals surface area contributed by atoms with Crippen LogP contribution in [0, 0.1) is 5.82 Å². The Morgan fingerprint density at radius 3 is 2.48 bits per heavy atom. The lowest BCUT2D eigenvalue weighted by molar-refractivity contribution is 0.279. The van der Waals surface area contributed by atoms with Crippen LogP contribution in [0.3, 0.4) is 0 Å². The highest BCUT2D eigenvalue weighted by molar-refractivity contribution is 7.89. The minimum Gasteiger partial charge on any atom is -0.349 e. The molecule has 1 aliphatic rings. The van der Waals surface area contributed by atoms with Crippen molar-refractivity contribution in [3.8, 4) is 0 Å². The van der Waals surface area contributed by atoms with E-state index in [1.807, 2.05) is 0 Å². The number of aromatic nitrogens is 2. The molecule has 6 nitrogen and oxygen atoms in total. The summed E-state index contributed by atoms with van der Waals surface area (Å²) in [6.45, 7) is 0.518. The van der Waals surface area contributed by atoms with Crippen molar-refractivity contribution in [1.82, 2.24) is 14.3 Å². The maximum absolute atomic E-state index is 13.6. The summed E-state index contributed by atoms with van der Waals surface area (Å²) < 4.78 is 39.4. The Labute approximate surface area is 121 Å². The van der Waals surface area contributed by atoms with Crippen molar-refractivity contribution in [3.63, 3.8) is 0 Å².